The van der Waals surface area contributed by atoms with Crippen molar-refractivity contribution in [3.8, 4) is 28.7 Å². The third kappa shape index (κ3) is 5.52. The Labute approximate surface area is 210 Å². The number of H-pyrrole nitrogens is 1. The normalized spacial score (nSPS) is 11.3. The van der Waals surface area contributed by atoms with Crippen LogP contribution in [0.1, 0.15) is 22.5 Å². The zero-order chi connectivity index (χ0) is 26.9. The number of halogens is 5. The summed E-state index contributed by atoms with van der Waals surface area (Å²) in [4.78, 5) is 28.7. The molecule has 0 spiro atoms. The molecule has 0 fully saturated rings. The predicted octanol–water partition coefficient (Wildman–Crippen LogP) is 4.83. The van der Waals surface area contributed by atoms with Crippen molar-refractivity contribution in [1.29, 1.82) is 5.26 Å². The van der Waals surface area contributed by atoms with Crippen molar-refractivity contribution in [3.05, 3.63) is 103 Å². The molecule has 0 radical (unpaired) electrons. The van der Waals surface area contributed by atoms with E-state index in [2.05, 4.69) is 15.2 Å². The van der Waals surface area contributed by atoms with E-state index in [0.29, 0.717) is 11.9 Å². The van der Waals surface area contributed by atoms with E-state index in [1.807, 2.05) is 0 Å². The van der Waals surface area contributed by atoms with E-state index in [1.54, 1.807) is 19.1 Å². The summed E-state index contributed by atoms with van der Waals surface area (Å²) >= 11 is 5.88. The summed E-state index contributed by atoms with van der Waals surface area (Å²) in [6, 6.07) is 10.7. The first-order valence-electron chi connectivity index (χ1n) is 10.4. The zero-order valence-electron chi connectivity index (χ0n) is 18.7. The molecule has 0 bridgehead atoms. The maximum absolute atomic E-state index is 14.4. The summed E-state index contributed by atoms with van der Waals surface area (Å²) in [7, 11) is 0. The van der Waals surface area contributed by atoms with E-state index in [4.69, 9.17) is 21.6 Å². The van der Waals surface area contributed by atoms with E-state index in [1.165, 1.54) is 24.3 Å². The fourth-order valence-electron chi connectivity index (χ4n) is 3.42. The monoisotopic (exact) mass is 531 g/mol. The van der Waals surface area contributed by atoms with Gasteiger partial charge in [0.05, 0.1) is 35.8 Å². The van der Waals surface area contributed by atoms with Gasteiger partial charge in [-0.05, 0) is 42.8 Å². The first kappa shape index (κ1) is 25.6. The fourth-order valence-corrected chi connectivity index (χ4v) is 3.65. The summed E-state index contributed by atoms with van der Waals surface area (Å²) in [5, 5.41) is 15.1. The second-order valence-corrected chi connectivity index (χ2v) is 8.26. The van der Waals surface area contributed by atoms with Gasteiger partial charge in [-0.3, -0.25) is 14.2 Å². The van der Waals surface area contributed by atoms with Gasteiger partial charge in [-0.2, -0.15) is 23.5 Å². The number of hydrogen-bond acceptors (Lipinski definition) is 6. The molecule has 0 saturated heterocycles. The van der Waals surface area contributed by atoms with E-state index in [0.717, 1.165) is 16.7 Å². The average Bonchev–Trinajstić information content (AvgIpc) is 2.82. The van der Waals surface area contributed by atoms with Crippen LogP contribution in [-0.4, -0.2) is 19.7 Å². The molecule has 13 heteroatoms. The van der Waals surface area contributed by atoms with Crippen LogP contribution in [0.5, 0.6) is 11.5 Å². The Hall–Kier alpha value is -4.50. The highest BCUT2D eigenvalue weighted by atomic mass is 35.5. The molecule has 1 N–H and O–H groups in total. The van der Waals surface area contributed by atoms with Crippen LogP contribution < -0.4 is 15.9 Å². The van der Waals surface area contributed by atoms with Gasteiger partial charge in [0, 0.05) is 10.6 Å². The largest absolute Gasteiger partial charge is 0.449 e. The summed E-state index contributed by atoms with van der Waals surface area (Å²) < 4.78 is 61.3. The number of aryl methyl sites for hydroxylation is 1. The third-order valence-electron chi connectivity index (χ3n) is 5.09. The van der Waals surface area contributed by atoms with Crippen LogP contribution in [0.2, 0.25) is 5.02 Å². The smallest absolute Gasteiger partial charge is 0.437 e. The van der Waals surface area contributed by atoms with E-state index in [9.17, 15) is 27.2 Å². The van der Waals surface area contributed by atoms with Gasteiger partial charge in [0.15, 0.2) is 5.69 Å². The van der Waals surface area contributed by atoms with Gasteiger partial charge in [-0.1, -0.05) is 23.7 Å². The van der Waals surface area contributed by atoms with E-state index < -0.39 is 41.1 Å². The molecule has 2 aromatic heterocycles. The lowest BCUT2D eigenvalue weighted by Crippen LogP contribution is -2.27. The number of rotatable bonds is 5. The highest BCUT2D eigenvalue weighted by Gasteiger charge is 2.38. The molecule has 0 aliphatic rings. The second kappa shape index (κ2) is 9.87. The minimum Gasteiger partial charge on any atom is -0.449 e. The number of hydrogen-bond donors (Lipinski definition) is 1. The van der Waals surface area contributed by atoms with Crippen LogP contribution in [0.25, 0.3) is 11.1 Å². The van der Waals surface area contributed by atoms with Crippen molar-refractivity contribution >= 4 is 11.6 Å². The number of alkyl halides is 3. The molecular weight excluding hydrogens is 518 g/mol. The quantitative estimate of drug-likeness (QED) is 0.369. The molecule has 4 rings (SSSR count). The Kier molecular flexibility index (Phi) is 6.82. The van der Waals surface area contributed by atoms with E-state index in [-0.39, 0.29) is 33.2 Å². The number of benzene rings is 2. The SMILES string of the molecule is Cc1ccc(-c2cc(Cn3cnc(C(F)(F)F)c(Oc4cc(Cl)cc(C#N)c4)c3=O)n[nH]c2=O)c(F)c1. The van der Waals surface area contributed by atoms with Crippen LogP contribution in [0.4, 0.5) is 17.6 Å². The van der Waals surface area contributed by atoms with Gasteiger partial charge in [-0.15, -0.1) is 0 Å². The Morgan fingerprint density at radius 3 is 2.57 bits per heavy atom. The molecule has 0 saturated carbocycles. The topological polar surface area (TPSA) is 114 Å². The number of nitrogens with one attached hydrogen (secondary N) is 1. The Morgan fingerprint density at radius 1 is 1.14 bits per heavy atom. The molecule has 2 heterocycles. The maximum atomic E-state index is 14.4. The molecule has 0 amide bonds. The lowest BCUT2D eigenvalue weighted by molar-refractivity contribution is -0.142. The summed E-state index contributed by atoms with van der Waals surface area (Å²) in [6.45, 7) is 1.24. The van der Waals surface area contributed by atoms with Crippen LogP contribution in [0.3, 0.4) is 0 Å². The molecular formula is C24H14ClF4N5O3. The first-order valence-corrected chi connectivity index (χ1v) is 10.7. The Bertz CT molecular complexity index is 1680. The molecule has 0 aliphatic heterocycles. The standard InChI is InChI=1S/C24H14ClF4N5O3/c1-12-2-3-17(19(26)4-12)18-8-15(32-33-22(18)35)10-34-11-31-21(24(27,28)29)20(23(34)36)37-16-6-13(9-30)5-14(25)7-16/h2-8,11H,10H2,1H3,(H,33,35). The van der Waals surface area contributed by atoms with Crippen molar-refractivity contribution in [3.63, 3.8) is 0 Å². The molecule has 37 heavy (non-hydrogen) atoms. The summed E-state index contributed by atoms with van der Waals surface area (Å²) in [5.74, 6) is -2.11. The maximum Gasteiger partial charge on any atom is 0.437 e. The molecule has 188 valence electrons. The molecule has 8 nitrogen and oxygen atoms in total. The average molecular weight is 532 g/mol. The minimum absolute atomic E-state index is 0.000122. The van der Waals surface area contributed by atoms with Gasteiger partial charge >= 0.3 is 6.18 Å². The van der Waals surface area contributed by atoms with Crippen LogP contribution in [0, 0.1) is 24.1 Å². The molecule has 0 unspecified atom stereocenters. The van der Waals surface area contributed by atoms with Gasteiger partial charge in [-0.25, -0.2) is 14.5 Å². The van der Waals surface area contributed by atoms with Crippen LogP contribution in [0.15, 0.2) is 58.4 Å². The van der Waals surface area contributed by atoms with Gasteiger partial charge in [0.25, 0.3) is 11.1 Å². The molecule has 4 aromatic rings. The lowest BCUT2D eigenvalue weighted by atomic mass is 10.0. The van der Waals surface area contributed by atoms with Crippen LogP contribution >= 0.6 is 11.6 Å². The van der Waals surface area contributed by atoms with Gasteiger partial charge in [0.1, 0.15) is 11.6 Å². The number of nitriles is 1. The predicted molar refractivity (Wildman–Crippen MR) is 124 cm³/mol. The Balaban J connectivity index is 1.78. The molecule has 0 aliphatic carbocycles. The van der Waals surface area contributed by atoms with Gasteiger partial charge in [0.2, 0.25) is 5.75 Å². The van der Waals surface area contributed by atoms with Crippen molar-refractivity contribution < 1.29 is 22.3 Å². The highest BCUT2D eigenvalue weighted by molar-refractivity contribution is 6.30. The third-order valence-corrected chi connectivity index (χ3v) is 5.31. The number of nitrogens with zero attached hydrogens (tertiary/aromatic N) is 4. The van der Waals surface area contributed by atoms with Crippen molar-refractivity contribution in [2.45, 2.75) is 19.6 Å². The van der Waals surface area contributed by atoms with Crippen LogP contribution in [-0.2, 0) is 12.7 Å². The first-order chi connectivity index (χ1) is 17.5. The molecule has 2 aromatic carbocycles. The van der Waals surface area contributed by atoms with Crippen molar-refractivity contribution in [2.75, 3.05) is 0 Å². The van der Waals surface area contributed by atoms with Crippen molar-refractivity contribution in [2.24, 2.45) is 0 Å². The summed E-state index contributed by atoms with van der Waals surface area (Å²) in [6.07, 6.45) is -4.40. The lowest BCUT2D eigenvalue weighted by Gasteiger charge is -2.15. The Morgan fingerprint density at radius 2 is 1.89 bits per heavy atom. The van der Waals surface area contributed by atoms with Gasteiger partial charge < -0.3 is 4.74 Å². The second-order valence-electron chi connectivity index (χ2n) is 7.83. The van der Waals surface area contributed by atoms with E-state index >= 15 is 0 Å². The highest BCUT2D eigenvalue weighted by Crippen LogP contribution is 2.35. The number of ether oxygens (including phenoxy) is 1. The summed E-state index contributed by atoms with van der Waals surface area (Å²) in [5.41, 5.74) is -2.99. The minimum atomic E-state index is -5.05. The fraction of sp³-hybridized carbons (Fsp3) is 0.125. The number of aromatic amines is 1. The zero-order valence-corrected chi connectivity index (χ0v) is 19.5. The van der Waals surface area contributed by atoms with Crippen molar-refractivity contribution in [1.82, 2.24) is 19.7 Å². The number of aromatic nitrogens is 4. The molecule has 0 atom stereocenters.